The van der Waals surface area contributed by atoms with Crippen molar-refractivity contribution >= 4 is 21.2 Å². The lowest BCUT2D eigenvalue weighted by atomic mass is 10.1. The second-order valence-corrected chi connectivity index (χ2v) is 12.3. The van der Waals surface area contributed by atoms with Gasteiger partial charge in [0, 0.05) is 35.8 Å². The number of nitrogen functional groups attached to an aromatic ring is 2. The number of benzene rings is 3. The predicted octanol–water partition coefficient (Wildman–Crippen LogP) is 6.89. The van der Waals surface area contributed by atoms with Gasteiger partial charge in [-0.2, -0.15) is 0 Å². The first kappa shape index (κ1) is 30.8. The minimum Gasteiger partial charge on any atom is -0.493 e. The summed E-state index contributed by atoms with van der Waals surface area (Å²) in [5, 5.41) is 0. The van der Waals surface area contributed by atoms with Crippen LogP contribution in [0.5, 0.6) is 11.5 Å². The van der Waals surface area contributed by atoms with Crippen molar-refractivity contribution in [1.82, 2.24) is 9.97 Å². The Balaban J connectivity index is 1.17. The number of hydrogen-bond donors (Lipinski definition) is 2. The molecule has 4 N–H and O–H groups in total. The van der Waals surface area contributed by atoms with Gasteiger partial charge in [0.25, 0.3) is 0 Å². The summed E-state index contributed by atoms with van der Waals surface area (Å²) in [5.74, 6) is 2.04. The Morgan fingerprint density at radius 2 is 1.21 bits per heavy atom. The molecule has 0 saturated carbocycles. The molecule has 3 aromatic carbocycles. The summed E-state index contributed by atoms with van der Waals surface area (Å²) in [6, 6.07) is 18.3. The molecule has 0 aliphatic heterocycles. The maximum atomic E-state index is 12.9. The first-order valence-electron chi connectivity index (χ1n) is 14.5. The molecule has 4 aromatic rings. The molecule has 0 aliphatic carbocycles. The monoisotopic (exact) mass is 588 g/mol. The van der Waals surface area contributed by atoms with Crippen LogP contribution in [0.2, 0.25) is 0 Å². The van der Waals surface area contributed by atoms with Gasteiger partial charge in [-0.15, -0.1) is 0 Å². The van der Waals surface area contributed by atoms with Gasteiger partial charge < -0.3 is 20.9 Å². The number of ether oxygens (including phenoxy) is 2. The Hall–Kier alpha value is -4.11. The molecule has 0 bridgehead atoms. The highest BCUT2D eigenvalue weighted by atomic mass is 32.2. The van der Waals surface area contributed by atoms with Gasteiger partial charge in [-0.1, -0.05) is 39.0 Å². The maximum Gasteiger partial charge on any atom is 0.206 e. The topological polar surface area (TPSA) is 130 Å². The van der Waals surface area contributed by atoms with Crippen molar-refractivity contribution < 1.29 is 17.9 Å². The van der Waals surface area contributed by atoms with E-state index in [1.54, 1.807) is 12.1 Å². The average molecular weight is 589 g/mol. The molecule has 1 heterocycles. The Morgan fingerprint density at radius 1 is 0.667 bits per heavy atom. The van der Waals surface area contributed by atoms with E-state index in [9.17, 15) is 8.42 Å². The molecular weight excluding hydrogens is 548 g/mol. The zero-order valence-corrected chi connectivity index (χ0v) is 25.0. The molecule has 0 unspecified atom stereocenters. The summed E-state index contributed by atoms with van der Waals surface area (Å²) < 4.78 is 37.4. The highest BCUT2D eigenvalue weighted by molar-refractivity contribution is 7.91. The van der Waals surface area contributed by atoms with Gasteiger partial charge in [0.1, 0.15) is 11.5 Å². The number of unbranched alkanes of at least 4 members (excludes halogenated alkanes) is 5. The number of hydrogen-bond acceptors (Lipinski definition) is 8. The molecule has 0 amide bonds. The molecule has 4 rings (SSSR count). The van der Waals surface area contributed by atoms with Crippen LogP contribution in [0, 0.1) is 0 Å². The van der Waals surface area contributed by atoms with Crippen molar-refractivity contribution in [3.63, 3.8) is 0 Å². The second-order valence-electron chi connectivity index (χ2n) is 10.3. The van der Waals surface area contributed by atoms with Crippen LogP contribution in [0.15, 0.2) is 88.9 Å². The van der Waals surface area contributed by atoms with E-state index in [2.05, 4.69) is 16.9 Å². The number of anilines is 2. The van der Waals surface area contributed by atoms with Gasteiger partial charge in [-0.25, -0.2) is 18.4 Å². The molecule has 0 atom stereocenters. The summed E-state index contributed by atoms with van der Waals surface area (Å²) in [6.45, 7) is 3.14. The highest BCUT2D eigenvalue weighted by Gasteiger charge is 2.18. The van der Waals surface area contributed by atoms with Crippen molar-refractivity contribution in [2.75, 3.05) is 24.7 Å². The summed E-state index contributed by atoms with van der Waals surface area (Å²) in [6.07, 6.45) is 13.2. The second kappa shape index (κ2) is 15.2. The summed E-state index contributed by atoms with van der Waals surface area (Å²) in [4.78, 5) is 9.30. The van der Waals surface area contributed by atoms with E-state index >= 15 is 0 Å². The molecule has 0 saturated heterocycles. The smallest absolute Gasteiger partial charge is 0.206 e. The lowest BCUT2D eigenvalue weighted by Gasteiger charge is -2.10. The van der Waals surface area contributed by atoms with Gasteiger partial charge >= 0.3 is 0 Å². The van der Waals surface area contributed by atoms with E-state index in [1.807, 2.05) is 36.7 Å². The fraction of sp³-hybridized carbons (Fsp3) is 0.333. The van der Waals surface area contributed by atoms with Gasteiger partial charge in [0.2, 0.25) is 9.84 Å². The van der Waals surface area contributed by atoms with Gasteiger partial charge in [-0.3, -0.25) is 0 Å². The highest BCUT2D eigenvalue weighted by Crippen LogP contribution is 2.26. The van der Waals surface area contributed by atoms with Gasteiger partial charge in [0.05, 0.1) is 23.0 Å². The zero-order chi connectivity index (χ0) is 29.8. The van der Waals surface area contributed by atoms with Crippen molar-refractivity contribution in [3.8, 4) is 22.9 Å². The lowest BCUT2D eigenvalue weighted by Crippen LogP contribution is -2.06. The van der Waals surface area contributed by atoms with E-state index in [0.717, 1.165) is 17.7 Å². The number of nitrogens with zero attached hydrogens (tertiary/aromatic N) is 2. The molecule has 42 heavy (non-hydrogen) atoms. The molecule has 0 spiro atoms. The van der Waals surface area contributed by atoms with Gasteiger partial charge in [-0.05, 0) is 85.1 Å². The molecular formula is C33H40N4O4S. The van der Waals surface area contributed by atoms with E-state index < -0.39 is 9.84 Å². The third-order valence-electron chi connectivity index (χ3n) is 6.86. The maximum absolute atomic E-state index is 12.9. The summed E-state index contributed by atoms with van der Waals surface area (Å²) >= 11 is 0. The molecule has 0 fully saturated rings. The van der Waals surface area contributed by atoms with Crippen LogP contribution < -0.4 is 20.9 Å². The fourth-order valence-corrected chi connectivity index (χ4v) is 5.88. The Kier molecular flexibility index (Phi) is 11.2. The van der Waals surface area contributed by atoms with Crippen molar-refractivity contribution in [1.29, 1.82) is 0 Å². The Labute approximate surface area is 249 Å². The first-order chi connectivity index (χ1) is 20.3. The number of aryl methyl sites for hydroxylation is 1. The standard InChI is InChI=1S/C33H40N4O4S/c1-2-3-4-5-6-7-9-25-23-36-33(37-24-25)26-10-12-29(13-11-26)40-18-8-19-41-30-14-16-31(17-15-30)42(38,39)32-21-27(34)20-28(35)22-32/h10-17,20-24H,2-9,18-19,34-35H2,1H3. The molecule has 1 aromatic heterocycles. The van der Waals surface area contributed by atoms with Crippen LogP contribution in [0.25, 0.3) is 11.4 Å². The minimum atomic E-state index is -3.73. The van der Waals surface area contributed by atoms with Crippen LogP contribution >= 0.6 is 0 Å². The fourth-order valence-electron chi connectivity index (χ4n) is 4.53. The SMILES string of the molecule is CCCCCCCCc1cnc(-c2ccc(OCCCOc3ccc(S(=O)(=O)c4cc(N)cc(N)c4)cc3)cc2)nc1. The molecule has 8 nitrogen and oxygen atoms in total. The predicted molar refractivity (Wildman–Crippen MR) is 167 cm³/mol. The average Bonchev–Trinajstić information content (AvgIpc) is 2.99. The number of nitrogens with two attached hydrogens (primary N) is 2. The number of rotatable bonds is 16. The summed E-state index contributed by atoms with van der Waals surface area (Å²) in [5.41, 5.74) is 14.2. The Bertz CT molecular complexity index is 1490. The third kappa shape index (κ3) is 8.94. The van der Waals surface area contributed by atoms with Crippen LogP contribution in [0.3, 0.4) is 0 Å². The van der Waals surface area contributed by atoms with E-state index in [1.165, 1.54) is 74.4 Å². The first-order valence-corrected chi connectivity index (χ1v) is 16.0. The van der Waals surface area contributed by atoms with Crippen molar-refractivity contribution in [2.45, 2.75) is 68.1 Å². The van der Waals surface area contributed by atoms with E-state index in [4.69, 9.17) is 20.9 Å². The lowest BCUT2D eigenvalue weighted by molar-refractivity contribution is 0.247. The molecule has 0 aliphatic rings. The largest absolute Gasteiger partial charge is 0.493 e. The molecule has 9 heteroatoms. The summed E-state index contributed by atoms with van der Waals surface area (Å²) in [7, 11) is -3.73. The van der Waals surface area contributed by atoms with Crippen molar-refractivity contribution in [3.05, 3.63) is 84.7 Å². The molecule has 222 valence electrons. The minimum absolute atomic E-state index is 0.0584. The third-order valence-corrected chi connectivity index (χ3v) is 8.61. The normalized spacial score (nSPS) is 11.4. The number of aromatic nitrogens is 2. The van der Waals surface area contributed by atoms with Crippen LogP contribution in [0.4, 0.5) is 11.4 Å². The quantitative estimate of drug-likeness (QED) is 0.107. The zero-order valence-electron chi connectivity index (χ0n) is 24.2. The van der Waals surface area contributed by atoms with Gasteiger partial charge in [0.15, 0.2) is 5.82 Å². The Morgan fingerprint density at radius 3 is 1.81 bits per heavy atom. The van der Waals surface area contributed by atoms with Crippen LogP contribution in [-0.2, 0) is 16.3 Å². The molecule has 0 radical (unpaired) electrons. The van der Waals surface area contributed by atoms with E-state index in [0.29, 0.717) is 42.6 Å². The van der Waals surface area contributed by atoms with E-state index in [-0.39, 0.29) is 9.79 Å². The van der Waals surface area contributed by atoms with Crippen LogP contribution in [0.1, 0.15) is 57.4 Å². The number of sulfone groups is 1. The van der Waals surface area contributed by atoms with Crippen molar-refractivity contribution in [2.24, 2.45) is 0 Å². The van der Waals surface area contributed by atoms with Crippen LogP contribution in [-0.4, -0.2) is 31.6 Å².